The second-order valence-electron chi connectivity index (χ2n) is 5.74. The molecule has 2 atom stereocenters. The molecule has 0 spiro atoms. The number of hydrogen-bond acceptors (Lipinski definition) is 6. The number of imide groups is 1. The SMILES string of the molecule is C[C@H]1Cc2cc(C3=NN[C@]4(O)NC(=O)NC(=O)C4=C3)ccc2O1. The Balaban J connectivity index is 1.70. The van der Waals surface area contributed by atoms with Crippen molar-refractivity contribution in [3.05, 3.63) is 41.0 Å². The maximum atomic E-state index is 11.9. The number of nitrogens with one attached hydrogen (secondary N) is 3. The minimum Gasteiger partial charge on any atom is -0.490 e. The highest BCUT2D eigenvalue weighted by Gasteiger charge is 2.44. The summed E-state index contributed by atoms with van der Waals surface area (Å²) in [5, 5.41) is 18.7. The van der Waals surface area contributed by atoms with Crippen molar-refractivity contribution in [2.75, 3.05) is 0 Å². The largest absolute Gasteiger partial charge is 0.490 e. The summed E-state index contributed by atoms with van der Waals surface area (Å²) in [5.41, 5.74) is 4.75. The zero-order valence-corrected chi connectivity index (χ0v) is 12.2. The van der Waals surface area contributed by atoms with E-state index in [-0.39, 0.29) is 11.7 Å². The van der Waals surface area contributed by atoms with Gasteiger partial charge in [-0.2, -0.15) is 5.10 Å². The van der Waals surface area contributed by atoms with E-state index in [2.05, 4.69) is 21.2 Å². The number of rotatable bonds is 1. The van der Waals surface area contributed by atoms with E-state index in [1.807, 2.05) is 25.1 Å². The quantitative estimate of drug-likeness (QED) is 0.570. The molecule has 23 heavy (non-hydrogen) atoms. The number of hydrogen-bond donors (Lipinski definition) is 4. The van der Waals surface area contributed by atoms with Crippen LogP contribution in [0.5, 0.6) is 5.75 Å². The van der Waals surface area contributed by atoms with Gasteiger partial charge in [-0.1, -0.05) is 0 Å². The first-order chi connectivity index (χ1) is 10.9. The lowest BCUT2D eigenvalue weighted by Crippen LogP contribution is -2.69. The molecule has 1 aromatic carbocycles. The van der Waals surface area contributed by atoms with Gasteiger partial charge in [0.15, 0.2) is 0 Å². The molecule has 3 amide bonds. The molecule has 1 aromatic rings. The van der Waals surface area contributed by atoms with Gasteiger partial charge >= 0.3 is 6.03 Å². The lowest BCUT2D eigenvalue weighted by atomic mass is 9.98. The molecule has 118 valence electrons. The number of allylic oxidation sites excluding steroid dienone is 1. The van der Waals surface area contributed by atoms with Crippen LogP contribution in [0.3, 0.4) is 0 Å². The number of carbonyl (C=O) groups excluding carboxylic acids is 2. The van der Waals surface area contributed by atoms with E-state index >= 15 is 0 Å². The molecule has 0 aliphatic carbocycles. The predicted molar refractivity (Wildman–Crippen MR) is 79.6 cm³/mol. The lowest BCUT2D eigenvalue weighted by molar-refractivity contribution is -0.121. The van der Waals surface area contributed by atoms with Crippen LogP contribution in [0.25, 0.3) is 0 Å². The first kappa shape index (κ1) is 13.8. The first-order valence-electron chi connectivity index (χ1n) is 7.17. The summed E-state index contributed by atoms with van der Waals surface area (Å²) in [5.74, 6) is -1.82. The van der Waals surface area contributed by atoms with E-state index in [0.29, 0.717) is 5.71 Å². The van der Waals surface area contributed by atoms with Gasteiger partial charge in [-0.05, 0) is 36.8 Å². The van der Waals surface area contributed by atoms with Gasteiger partial charge < -0.3 is 9.84 Å². The monoisotopic (exact) mass is 314 g/mol. The first-order valence-corrected chi connectivity index (χ1v) is 7.17. The fourth-order valence-corrected chi connectivity index (χ4v) is 2.90. The summed E-state index contributed by atoms with van der Waals surface area (Å²) in [4.78, 5) is 23.2. The number of hydrazone groups is 1. The van der Waals surface area contributed by atoms with Gasteiger partial charge in [-0.3, -0.25) is 20.9 Å². The highest BCUT2D eigenvalue weighted by molar-refractivity contribution is 6.17. The van der Waals surface area contributed by atoms with Gasteiger partial charge in [0.1, 0.15) is 11.9 Å². The molecule has 0 saturated carbocycles. The summed E-state index contributed by atoms with van der Waals surface area (Å²) in [7, 11) is 0. The average Bonchev–Trinajstić information content (AvgIpc) is 2.85. The molecule has 4 N–H and O–H groups in total. The molecule has 8 heteroatoms. The molecule has 1 fully saturated rings. The zero-order valence-electron chi connectivity index (χ0n) is 12.2. The minimum atomic E-state index is -1.99. The van der Waals surface area contributed by atoms with Crippen molar-refractivity contribution in [3.63, 3.8) is 0 Å². The Kier molecular flexibility index (Phi) is 2.73. The van der Waals surface area contributed by atoms with Crippen molar-refractivity contribution >= 4 is 17.6 Å². The average molecular weight is 314 g/mol. The summed E-state index contributed by atoms with van der Waals surface area (Å²) in [6.07, 6.45) is 2.39. The highest BCUT2D eigenvalue weighted by atomic mass is 16.5. The standard InChI is InChI=1S/C15H14N4O4/c1-7-4-9-5-8(2-3-12(9)23-7)11-6-10-13(20)16-14(21)17-15(10,22)19-18-11/h2-3,5-7,19,22H,4H2,1H3,(H2,16,17,20,21)/t7-,15+/m0/s1. The highest BCUT2D eigenvalue weighted by Crippen LogP contribution is 2.30. The number of carbonyl (C=O) groups is 2. The van der Waals surface area contributed by atoms with Gasteiger partial charge in [-0.15, -0.1) is 0 Å². The van der Waals surface area contributed by atoms with Crippen molar-refractivity contribution in [3.8, 4) is 5.75 Å². The minimum absolute atomic E-state index is 0.0211. The van der Waals surface area contributed by atoms with Crippen LogP contribution in [-0.4, -0.2) is 34.7 Å². The number of nitrogens with zero attached hydrogens (tertiary/aromatic N) is 1. The third kappa shape index (κ3) is 2.15. The van der Waals surface area contributed by atoms with Crippen LogP contribution in [0, 0.1) is 0 Å². The second kappa shape index (κ2) is 4.56. The van der Waals surface area contributed by atoms with Crippen LogP contribution in [0.2, 0.25) is 0 Å². The topological polar surface area (TPSA) is 112 Å². The van der Waals surface area contributed by atoms with Crippen LogP contribution < -0.4 is 20.8 Å². The zero-order chi connectivity index (χ0) is 16.2. The molecule has 8 nitrogen and oxygen atoms in total. The molecular weight excluding hydrogens is 300 g/mol. The Hall–Kier alpha value is -2.87. The van der Waals surface area contributed by atoms with E-state index in [1.165, 1.54) is 6.08 Å². The lowest BCUT2D eigenvalue weighted by Gasteiger charge is -2.36. The van der Waals surface area contributed by atoms with Crippen molar-refractivity contribution in [1.82, 2.24) is 16.1 Å². The Bertz CT molecular complexity index is 801. The molecule has 0 aromatic heterocycles. The van der Waals surface area contributed by atoms with E-state index in [1.54, 1.807) is 0 Å². The third-order valence-corrected chi connectivity index (χ3v) is 3.97. The molecular formula is C15H14N4O4. The number of ether oxygens (including phenoxy) is 1. The number of fused-ring (bicyclic) bond motifs is 2. The summed E-state index contributed by atoms with van der Waals surface area (Å²) in [6.45, 7) is 2.00. The van der Waals surface area contributed by atoms with E-state index in [4.69, 9.17) is 4.74 Å². The van der Waals surface area contributed by atoms with Crippen molar-refractivity contribution in [2.24, 2.45) is 5.10 Å². The van der Waals surface area contributed by atoms with Crippen LogP contribution in [0.15, 0.2) is 34.9 Å². The molecule has 1 saturated heterocycles. The fraction of sp³-hybridized carbons (Fsp3) is 0.267. The molecule has 0 radical (unpaired) electrons. The van der Waals surface area contributed by atoms with E-state index in [9.17, 15) is 14.7 Å². The smallest absolute Gasteiger partial charge is 0.325 e. The Morgan fingerprint density at radius 1 is 1.39 bits per heavy atom. The predicted octanol–water partition coefficient (Wildman–Crippen LogP) is -0.271. The molecule has 3 aliphatic heterocycles. The molecule has 0 unspecified atom stereocenters. The third-order valence-electron chi connectivity index (χ3n) is 3.97. The van der Waals surface area contributed by atoms with Gasteiger partial charge in [0.05, 0.1) is 11.3 Å². The van der Waals surface area contributed by atoms with Crippen LogP contribution in [0.4, 0.5) is 4.79 Å². The van der Waals surface area contributed by atoms with E-state index in [0.717, 1.165) is 23.3 Å². The van der Waals surface area contributed by atoms with Crippen molar-refractivity contribution in [1.29, 1.82) is 0 Å². The Morgan fingerprint density at radius 2 is 2.22 bits per heavy atom. The maximum absolute atomic E-state index is 11.9. The molecule has 3 aliphatic rings. The van der Waals surface area contributed by atoms with E-state index < -0.39 is 17.8 Å². The van der Waals surface area contributed by atoms with Crippen LogP contribution in [0.1, 0.15) is 18.1 Å². The van der Waals surface area contributed by atoms with Gasteiger partial charge in [0.2, 0.25) is 0 Å². The number of amides is 3. The van der Waals surface area contributed by atoms with Gasteiger partial charge in [0.25, 0.3) is 11.8 Å². The molecule has 4 rings (SSSR count). The summed E-state index contributed by atoms with van der Waals surface area (Å²) >= 11 is 0. The summed E-state index contributed by atoms with van der Waals surface area (Å²) in [6, 6.07) is 4.85. The van der Waals surface area contributed by atoms with Crippen LogP contribution >= 0.6 is 0 Å². The maximum Gasteiger partial charge on any atom is 0.325 e. The van der Waals surface area contributed by atoms with Crippen LogP contribution in [-0.2, 0) is 11.2 Å². The second-order valence-corrected chi connectivity index (χ2v) is 5.74. The Labute approximate surface area is 131 Å². The van der Waals surface area contributed by atoms with Gasteiger partial charge in [-0.25, -0.2) is 4.79 Å². The van der Waals surface area contributed by atoms with Crippen molar-refractivity contribution < 1.29 is 19.4 Å². The molecule has 3 heterocycles. The Morgan fingerprint density at radius 3 is 3.04 bits per heavy atom. The van der Waals surface area contributed by atoms with Gasteiger partial charge in [0, 0.05) is 12.0 Å². The number of urea groups is 1. The summed E-state index contributed by atoms with van der Waals surface area (Å²) < 4.78 is 5.66. The normalized spacial score (nSPS) is 28.3. The number of benzene rings is 1. The fourth-order valence-electron chi connectivity index (χ4n) is 2.90. The van der Waals surface area contributed by atoms with Crippen molar-refractivity contribution in [2.45, 2.75) is 25.3 Å². The molecule has 0 bridgehead atoms. The number of aliphatic hydroxyl groups is 1.